The lowest BCUT2D eigenvalue weighted by molar-refractivity contribution is -0.274. The Kier molecular flexibility index (Phi) is 6.07. The number of carbonyl (C=O) groups is 1. The second-order valence-corrected chi connectivity index (χ2v) is 8.42. The zero-order valence-corrected chi connectivity index (χ0v) is 18.4. The summed E-state index contributed by atoms with van der Waals surface area (Å²) >= 11 is 1.06. The van der Waals surface area contributed by atoms with E-state index in [0.717, 1.165) is 34.8 Å². The molecular weight excluding hydrogens is 457 g/mol. The summed E-state index contributed by atoms with van der Waals surface area (Å²) in [6, 6.07) is 12.1. The summed E-state index contributed by atoms with van der Waals surface area (Å²) < 4.78 is 42.7. The number of H-pyrrole nitrogens is 1. The Morgan fingerprint density at radius 1 is 1.18 bits per heavy atom. The van der Waals surface area contributed by atoms with Crippen molar-refractivity contribution in [3.8, 4) is 11.4 Å². The second kappa shape index (κ2) is 8.81. The van der Waals surface area contributed by atoms with Gasteiger partial charge in [0, 0.05) is 16.9 Å². The first kappa shape index (κ1) is 22.7. The molecule has 11 heteroatoms. The van der Waals surface area contributed by atoms with Crippen LogP contribution in [0.5, 0.6) is 5.75 Å². The average Bonchev–Trinajstić information content (AvgIpc) is 3.11. The average molecular weight is 476 g/mol. The molecule has 2 heterocycles. The van der Waals surface area contributed by atoms with Crippen molar-refractivity contribution >= 4 is 39.6 Å². The number of rotatable bonds is 6. The SMILES string of the molecule is CC(C)NC(=O)CSc1nc2c([nH]c3ccccc32)c(=O)n1-c1ccc(OC(F)(F)F)cc1. The maximum atomic E-state index is 13.4. The number of hydrogen-bond acceptors (Lipinski definition) is 5. The van der Waals surface area contributed by atoms with E-state index in [2.05, 4.69) is 20.0 Å². The fraction of sp³-hybridized carbons (Fsp3) is 0.227. The van der Waals surface area contributed by atoms with Gasteiger partial charge in [-0.2, -0.15) is 0 Å². The number of aromatic nitrogens is 3. The number of ether oxygens (including phenoxy) is 1. The highest BCUT2D eigenvalue weighted by atomic mass is 32.2. The summed E-state index contributed by atoms with van der Waals surface area (Å²) in [4.78, 5) is 33.3. The molecule has 4 rings (SSSR count). The Morgan fingerprint density at radius 3 is 2.55 bits per heavy atom. The van der Waals surface area contributed by atoms with Gasteiger partial charge in [0.25, 0.3) is 5.56 Å². The van der Waals surface area contributed by atoms with Crippen LogP contribution in [0.2, 0.25) is 0 Å². The molecule has 2 aromatic heterocycles. The molecule has 0 fully saturated rings. The van der Waals surface area contributed by atoms with Gasteiger partial charge in [-0.05, 0) is 44.2 Å². The molecule has 0 atom stereocenters. The van der Waals surface area contributed by atoms with Gasteiger partial charge in [0.1, 0.15) is 16.8 Å². The van der Waals surface area contributed by atoms with Gasteiger partial charge in [-0.3, -0.25) is 14.2 Å². The van der Waals surface area contributed by atoms with Crippen molar-refractivity contribution in [1.29, 1.82) is 0 Å². The highest BCUT2D eigenvalue weighted by Crippen LogP contribution is 2.28. The Balaban J connectivity index is 1.82. The summed E-state index contributed by atoms with van der Waals surface area (Å²) in [7, 11) is 0. The number of thioether (sulfide) groups is 1. The predicted molar refractivity (Wildman–Crippen MR) is 120 cm³/mol. The minimum absolute atomic E-state index is 0.00769. The van der Waals surface area contributed by atoms with Crippen molar-refractivity contribution in [2.75, 3.05) is 5.75 Å². The highest BCUT2D eigenvalue weighted by Gasteiger charge is 2.31. The number of nitrogens with zero attached hydrogens (tertiary/aromatic N) is 2. The molecule has 2 aromatic carbocycles. The first-order valence-corrected chi connectivity index (χ1v) is 10.9. The van der Waals surface area contributed by atoms with E-state index in [9.17, 15) is 22.8 Å². The van der Waals surface area contributed by atoms with Crippen molar-refractivity contribution in [2.45, 2.75) is 31.4 Å². The lowest BCUT2D eigenvalue weighted by Crippen LogP contribution is -2.32. The van der Waals surface area contributed by atoms with E-state index >= 15 is 0 Å². The van der Waals surface area contributed by atoms with Gasteiger partial charge in [-0.15, -0.1) is 13.2 Å². The number of fused-ring (bicyclic) bond motifs is 3. The molecule has 0 spiro atoms. The number of amides is 1. The molecule has 2 N–H and O–H groups in total. The molecule has 0 saturated heterocycles. The van der Waals surface area contributed by atoms with Crippen LogP contribution in [0.1, 0.15) is 13.8 Å². The smallest absolute Gasteiger partial charge is 0.406 e. The summed E-state index contributed by atoms with van der Waals surface area (Å²) in [6.07, 6.45) is -4.83. The van der Waals surface area contributed by atoms with Crippen LogP contribution in [0.25, 0.3) is 27.6 Å². The van der Waals surface area contributed by atoms with E-state index in [4.69, 9.17) is 0 Å². The quantitative estimate of drug-likeness (QED) is 0.319. The predicted octanol–water partition coefficient (Wildman–Crippen LogP) is 4.38. The molecule has 0 aliphatic heterocycles. The molecular formula is C22H19F3N4O3S. The van der Waals surface area contributed by atoms with E-state index in [0.29, 0.717) is 5.52 Å². The highest BCUT2D eigenvalue weighted by molar-refractivity contribution is 7.99. The van der Waals surface area contributed by atoms with Crippen molar-refractivity contribution < 1.29 is 22.7 Å². The monoisotopic (exact) mass is 476 g/mol. The van der Waals surface area contributed by atoms with Crippen molar-refractivity contribution in [3.63, 3.8) is 0 Å². The number of para-hydroxylation sites is 1. The van der Waals surface area contributed by atoms with Crippen molar-refractivity contribution in [3.05, 3.63) is 58.9 Å². The number of alkyl halides is 3. The molecule has 0 unspecified atom stereocenters. The Labute approximate surface area is 190 Å². The number of carbonyl (C=O) groups excluding carboxylic acids is 1. The minimum atomic E-state index is -4.83. The lowest BCUT2D eigenvalue weighted by Gasteiger charge is -2.14. The molecule has 0 aliphatic rings. The van der Waals surface area contributed by atoms with Crippen molar-refractivity contribution in [2.24, 2.45) is 0 Å². The second-order valence-electron chi connectivity index (χ2n) is 7.48. The largest absolute Gasteiger partial charge is 0.573 e. The van der Waals surface area contributed by atoms with Gasteiger partial charge in [0.15, 0.2) is 5.16 Å². The van der Waals surface area contributed by atoms with Crippen LogP contribution < -0.4 is 15.6 Å². The summed E-state index contributed by atoms with van der Waals surface area (Å²) in [6.45, 7) is 3.67. The molecule has 1 amide bonds. The van der Waals surface area contributed by atoms with Crippen LogP contribution in [0.4, 0.5) is 13.2 Å². The fourth-order valence-electron chi connectivity index (χ4n) is 3.36. The fourth-order valence-corrected chi connectivity index (χ4v) is 4.17. The third-order valence-corrected chi connectivity index (χ3v) is 5.54. The normalized spacial score (nSPS) is 11.9. The van der Waals surface area contributed by atoms with E-state index < -0.39 is 17.7 Å². The Bertz CT molecular complexity index is 1380. The topological polar surface area (TPSA) is 89.0 Å². The van der Waals surface area contributed by atoms with Gasteiger partial charge < -0.3 is 15.0 Å². The van der Waals surface area contributed by atoms with Crippen LogP contribution in [-0.4, -0.2) is 38.6 Å². The Hall–Kier alpha value is -3.47. The van der Waals surface area contributed by atoms with Crippen LogP contribution in [0.3, 0.4) is 0 Å². The van der Waals surface area contributed by atoms with Crippen LogP contribution in [-0.2, 0) is 4.79 Å². The zero-order chi connectivity index (χ0) is 23.8. The van der Waals surface area contributed by atoms with Gasteiger partial charge in [0.05, 0.1) is 11.4 Å². The molecule has 4 aromatic rings. The zero-order valence-electron chi connectivity index (χ0n) is 17.6. The summed E-state index contributed by atoms with van der Waals surface area (Å²) in [5.41, 5.74) is 1.28. The number of halogens is 3. The molecule has 0 saturated carbocycles. The van der Waals surface area contributed by atoms with Gasteiger partial charge in [-0.25, -0.2) is 4.98 Å². The number of aromatic amines is 1. The maximum absolute atomic E-state index is 13.4. The summed E-state index contributed by atoms with van der Waals surface area (Å²) in [5, 5.41) is 3.76. The Morgan fingerprint density at radius 2 is 1.88 bits per heavy atom. The first-order chi connectivity index (χ1) is 15.6. The van der Waals surface area contributed by atoms with Crippen LogP contribution in [0, 0.1) is 0 Å². The molecule has 0 aliphatic carbocycles. The molecule has 33 heavy (non-hydrogen) atoms. The van der Waals surface area contributed by atoms with Crippen LogP contribution >= 0.6 is 11.8 Å². The summed E-state index contributed by atoms with van der Waals surface area (Å²) in [5.74, 6) is -0.637. The minimum Gasteiger partial charge on any atom is -0.406 e. The van der Waals surface area contributed by atoms with Gasteiger partial charge >= 0.3 is 6.36 Å². The number of hydrogen-bond donors (Lipinski definition) is 2. The molecule has 0 radical (unpaired) electrons. The third kappa shape index (κ3) is 4.98. The van der Waals surface area contributed by atoms with Gasteiger partial charge in [0.2, 0.25) is 5.91 Å². The molecule has 0 bridgehead atoms. The maximum Gasteiger partial charge on any atom is 0.573 e. The van der Waals surface area contributed by atoms with E-state index in [1.807, 2.05) is 38.1 Å². The molecule has 172 valence electrons. The van der Waals surface area contributed by atoms with E-state index in [-0.39, 0.29) is 34.1 Å². The first-order valence-electron chi connectivity index (χ1n) is 9.94. The van der Waals surface area contributed by atoms with Crippen LogP contribution in [0.15, 0.2) is 58.5 Å². The van der Waals surface area contributed by atoms with Gasteiger partial charge in [-0.1, -0.05) is 30.0 Å². The number of benzene rings is 2. The lowest BCUT2D eigenvalue weighted by atomic mass is 10.2. The third-order valence-electron chi connectivity index (χ3n) is 4.60. The molecule has 7 nitrogen and oxygen atoms in total. The van der Waals surface area contributed by atoms with E-state index in [1.165, 1.54) is 16.7 Å². The van der Waals surface area contributed by atoms with E-state index in [1.54, 1.807) is 0 Å². The van der Waals surface area contributed by atoms with Crippen molar-refractivity contribution in [1.82, 2.24) is 19.9 Å². The number of nitrogens with one attached hydrogen (secondary N) is 2. The standard InChI is InChI=1S/C22H19F3N4O3S/c1-12(2)26-17(30)11-33-21-28-18-15-5-3-4-6-16(15)27-19(18)20(31)29(21)13-7-9-14(10-8-13)32-22(23,24)25/h3-10,12,27H,11H2,1-2H3,(H,26,30).